The summed E-state index contributed by atoms with van der Waals surface area (Å²) in [5.41, 5.74) is 10.9. The van der Waals surface area contributed by atoms with E-state index in [0.29, 0.717) is 25.3 Å². The van der Waals surface area contributed by atoms with Gasteiger partial charge in [0.2, 0.25) is 10.0 Å². The average Bonchev–Trinajstić information content (AvgIpc) is 2.78. The number of ether oxygens (including phenoxy) is 3. The van der Waals surface area contributed by atoms with Crippen molar-refractivity contribution in [3.05, 3.63) is 54.1 Å². The van der Waals surface area contributed by atoms with E-state index in [-0.39, 0.29) is 22.2 Å². The molecule has 34 heavy (non-hydrogen) atoms. The summed E-state index contributed by atoms with van der Waals surface area (Å²) in [4.78, 5) is 24.4. The highest BCUT2D eigenvalue weighted by Crippen LogP contribution is 2.28. The Bertz CT molecular complexity index is 1110. The molecule has 0 saturated heterocycles. The molecule has 0 spiro atoms. The Hall–Kier alpha value is -3.68. The van der Waals surface area contributed by atoms with Gasteiger partial charge in [0.05, 0.1) is 36.8 Å². The molecule has 0 fully saturated rings. The molecule has 2 aromatic carbocycles. The summed E-state index contributed by atoms with van der Waals surface area (Å²) in [6.07, 6.45) is -1.30. The number of methoxy groups -OCH3 is 1. The van der Waals surface area contributed by atoms with E-state index in [2.05, 4.69) is 10.0 Å². The van der Waals surface area contributed by atoms with Crippen LogP contribution in [0.3, 0.4) is 0 Å². The van der Waals surface area contributed by atoms with Gasteiger partial charge in [-0.25, -0.2) is 13.2 Å². The van der Waals surface area contributed by atoms with Crippen molar-refractivity contribution in [2.24, 2.45) is 11.5 Å². The van der Waals surface area contributed by atoms with E-state index in [1.807, 2.05) is 0 Å². The lowest BCUT2D eigenvalue weighted by atomic mass is 10.2. The van der Waals surface area contributed by atoms with Crippen LogP contribution in [0.15, 0.2) is 53.4 Å². The monoisotopic (exact) mass is 493 g/mol. The molecule has 0 radical (unpaired) electrons. The van der Waals surface area contributed by atoms with E-state index in [9.17, 15) is 18.0 Å². The molecule has 0 aliphatic rings. The first kappa shape index (κ1) is 26.6. The third kappa shape index (κ3) is 8.35. The third-order valence-corrected chi connectivity index (χ3v) is 5.75. The van der Waals surface area contributed by atoms with Gasteiger partial charge in [-0.05, 0) is 36.8 Å². The number of carbonyl (C=O) groups excluding carboxylic acids is 2. The standard InChI is InChI=1S/C21H27N5O7S/c1-31-17-12-14(8-9-16(17)32-11-5-10-25-21(23)24)20(28)33-19(27)13-18(22)26-34(29,30)15-6-3-2-4-7-15/h2-4,6-9,12,18,26H,5,10-11,13,22H2,1H3,(H4,23,24,25)/t18-/m0/s1. The number of hydrogen-bond acceptors (Lipinski definition) is 9. The Morgan fingerprint density at radius 1 is 1.12 bits per heavy atom. The molecule has 0 aromatic heterocycles. The minimum atomic E-state index is -3.93. The number of rotatable bonds is 12. The van der Waals surface area contributed by atoms with E-state index in [0.717, 1.165) is 0 Å². The molecular weight excluding hydrogens is 466 g/mol. The van der Waals surface area contributed by atoms with E-state index >= 15 is 0 Å². The van der Waals surface area contributed by atoms with Crippen LogP contribution in [0.25, 0.3) is 0 Å². The van der Waals surface area contributed by atoms with Crippen molar-refractivity contribution in [2.45, 2.75) is 23.9 Å². The van der Waals surface area contributed by atoms with Gasteiger partial charge >= 0.3 is 11.9 Å². The molecule has 0 aliphatic heterocycles. The normalized spacial score (nSPS) is 11.8. The predicted molar refractivity (Wildman–Crippen MR) is 123 cm³/mol. The summed E-state index contributed by atoms with van der Waals surface area (Å²) in [7, 11) is -2.55. The number of nitrogens with one attached hydrogen (secondary N) is 3. The van der Waals surface area contributed by atoms with Crippen LogP contribution < -0.4 is 31.0 Å². The van der Waals surface area contributed by atoms with Gasteiger partial charge in [0.25, 0.3) is 0 Å². The summed E-state index contributed by atoms with van der Waals surface area (Å²) in [6.45, 7) is 0.753. The fourth-order valence-electron chi connectivity index (χ4n) is 2.68. The SMILES string of the molecule is COc1cc(C(=O)OC(=O)C[C@@H](N)NS(=O)(=O)c2ccccc2)ccc1OCCCNC(=N)N. The Morgan fingerprint density at radius 2 is 1.82 bits per heavy atom. The second kappa shape index (κ2) is 12.5. The number of carbonyl (C=O) groups is 2. The van der Waals surface area contributed by atoms with Crippen LogP contribution in [0.4, 0.5) is 0 Å². The molecule has 0 unspecified atom stereocenters. The number of benzene rings is 2. The van der Waals surface area contributed by atoms with E-state index in [4.69, 9.17) is 31.1 Å². The largest absolute Gasteiger partial charge is 0.493 e. The summed E-state index contributed by atoms with van der Waals surface area (Å²) in [5.74, 6) is -1.49. The van der Waals surface area contributed by atoms with Crippen molar-refractivity contribution in [2.75, 3.05) is 20.3 Å². The van der Waals surface area contributed by atoms with Gasteiger partial charge in [0, 0.05) is 6.54 Å². The zero-order valence-electron chi connectivity index (χ0n) is 18.4. The van der Waals surface area contributed by atoms with Gasteiger partial charge in [0.15, 0.2) is 17.5 Å². The second-order valence-electron chi connectivity index (χ2n) is 6.91. The number of nitrogens with two attached hydrogens (primary N) is 2. The molecule has 0 saturated carbocycles. The zero-order chi connectivity index (χ0) is 25.1. The molecule has 12 nitrogen and oxygen atoms in total. The van der Waals surface area contributed by atoms with Crippen molar-refractivity contribution in [1.29, 1.82) is 5.41 Å². The first-order valence-corrected chi connectivity index (χ1v) is 11.6. The molecule has 1 atom stereocenters. The van der Waals surface area contributed by atoms with Gasteiger partial charge in [-0.3, -0.25) is 10.2 Å². The van der Waals surface area contributed by atoms with Gasteiger partial charge in [0.1, 0.15) is 0 Å². The summed E-state index contributed by atoms with van der Waals surface area (Å²) in [5, 5.41) is 9.73. The van der Waals surface area contributed by atoms with Crippen LogP contribution in [-0.2, 0) is 19.6 Å². The Kier molecular flexibility index (Phi) is 9.79. The van der Waals surface area contributed by atoms with Crippen molar-refractivity contribution in [3.63, 3.8) is 0 Å². The first-order valence-electron chi connectivity index (χ1n) is 10.1. The Labute approximate surface area is 197 Å². The molecule has 0 heterocycles. The van der Waals surface area contributed by atoms with Gasteiger partial charge < -0.3 is 31.0 Å². The first-order chi connectivity index (χ1) is 16.1. The maximum Gasteiger partial charge on any atom is 0.345 e. The van der Waals surface area contributed by atoms with Crippen LogP contribution in [0.2, 0.25) is 0 Å². The number of esters is 2. The van der Waals surface area contributed by atoms with Crippen LogP contribution in [0.5, 0.6) is 11.5 Å². The highest BCUT2D eigenvalue weighted by atomic mass is 32.2. The maximum absolute atomic E-state index is 12.3. The summed E-state index contributed by atoms with van der Waals surface area (Å²) >= 11 is 0. The average molecular weight is 494 g/mol. The Balaban J connectivity index is 1.90. The fourth-order valence-corrected chi connectivity index (χ4v) is 3.82. The lowest BCUT2D eigenvalue weighted by molar-refractivity contribution is -0.138. The highest BCUT2D eigenvalue weighted by Gasteiger charge is 2.22. The zero-order valence-corrected chi connectivity index (χ0v) is 19.3. The van der Waals surface area contributed by atoms with Crippen molar-refractivity contribution in [3.8, 4) is 11.5 Å². The minimum absolute atomic E-state index is 0.0144. The van der Waals surface area contributed by atoms with Crippen LogP contribution in [0.1, 0.15) is 23.2 Å². The van der Waals surface area contributed by atoms with Crippen molar-refractivity contribution < 1.29 is 32.2 Å². The quantitative estimate of drug-likeness (QED) is 0.0684. The van der Waals surface area contributed by atoms with Crippen LogP contribution >= 0.6 is 0 Å². The van der Waals surface area contributed by atoms with E-state index in [1.54, 1.807) is 18.2 Å². The summed E-state index contributed by atoms with van der Waals surface area (Å²) < 4.78 is 42.2. The van der Waals surface area contributed by atoms with Crippen LogP contribution in [-0.4, -0.2) is 52.7 Å². The molecule has 0 amide bonds. The topological polar surface area (TPSA) is 196 Å². The minimum Gasteiger partial charge on any atom is -0.493 e. The van der Waals surface area contributed by atoms with Crippen LogP contribution in [0, 0.1) is 5.41 Å². The lowest BCUT2D eigenvalue weighted by Gasteiger charge is -2.14. The summed E-state index contributed by atoms with van der Waals surface area (Å²) in [6, 6.07) is 11.7. The lowest BCUT2D eigenvalue weighted by Crippen LogP contribution is -2.43. The van der Waals surface area contributed by atoms with Gasteiger partial charge in [-0.15, -0.1) is 0 Å². The molecule has 0 aliphatic carbocycles. The van der Waals surface area contributed by atoms with E-state index < -0.39 is 34.5 Å². The smallest absolute Gasteiger partial charge is 0.345 e. The fraction of sp³-hybridized carbons (Fsp3) is 0.286. The highest BCUT2D eigenvalue weighted by molar-refractivity contribution is 7.89. The maximum atomic E-state index is 12.3. The molecule has 0 bridgehead atoms. The molecular formula is C21H27N5O7S. The third-order valence-electron chi connectivity index (χ3n) is 4.25. The van der Waals surface area contributed by atoms with Gasteiger partial charge in [-0.1, -0.05) is 18.2 Å². The molecule has 2 rings (SSSR count). The van der Waals surface area contributed by atoms with Crippen molar-refractivity contribution >= 4 is 27.9 Å². The van der Waals surface area contributed by atoms with Crippen molar-refractivity contribution in [1.82, 2.24) is 10.0 Å². The van der Waals surface area contributed by atoms with E-state index in [1.165, 1.54) is 37.4 Å². The Morgan fingerprint density at radius 3 is 2.47 bits per heavy atom. The number of sulfonamides is 1. The molecule has 7 N–H and O–H groups in total. The number of hydrogen-bond donors (Lipinski definition) is 5. The molecule has 13 heteroatoms. The number of guanidine groups is 1. The molecule has 2 aromatic rings. The second-order valence-corrected chi connectivity index (χ2v) is 8.63. The van der Waals surface area contributed by atoms with Gasteiger partial charge in [-0.2, -0.15) is 4.72 Å². The predicted octanol–water partition coefficient (Wildman–Crippen LogP) is 0.284. The molecule has 184 valence electrons.